The minimum absolute atomic E-state index is 0.0539. The number of para-hydroxylation sites is 2. The van der Waals surface area contributed by atoms with Gasteiger partial charge in [-0.05, 0) is 54.4 Å². The number of fused-ring (bicyclic) bond motifs is 2. The first-order valence-electron chi connectivity index (χ1n) is 15.3. The van der Waals surface area contributed by atoms with E-state index >= 15 is 0 Å². The molecule has 3 saturated heterocycles. The SMILES string of the molecule is CC1(C)C2CN(C(=O)[C@@H]3CC(=O)N(c4ccccc4)C3)C(C(=O)N[C@@H](C[C@@H]3CCNC3=O)C(=O)c3nc4ccccc4s3)C21. The summed E-state index contributed by atoms with van der Waals surface area (Å²) >= 11 is 1.27. The number of nitrogens with one attached hydrogen (secondary N) is 2. The van der Waals surface area contributed by atoms with Crippen molar-refractivity contribution in [3.05, 3.63) is 59.6 Å². The van der Waals surface area contributed by atoms with Crippen molar-refractivity contribution in [1.82, 2.24) is 20.5 Å². The van der Waals surface area contributed by atoms with Crippen molar-refractivity contribution in [2.45, 2.75) is 45.2 Å². The molecular weight excluding hydrogens is 578 g/mol. The Morgan fingerprint density at radius 3 is 2.55 bits per heavy atom. The summed E-state index contributed by atoms with van der Waals surface area (Å²) in [5.41, 5.74) is 1.33. The van der Waals surface area contributed by atoms with Crippen LogP contribution in [-0.2, 0) is 19.2 Å². The Morgan fingerprint density at radius 2 is 1.82 bits per heavy atom. The molecule has 10 nitrogen and oxygen atoms in total. The summed E-state index contributed by atoms with van der Waals surface area (Å²) in [6.45, 7) is 5.44. The van der Waals surface area contributed by atoms with Gasteiger partial charge in [0.2, 0.25) is 29.4 Å². The fourth-order valence-corrected chi connectivity index (χ4v) is 8.51. The number of hydrogen-bond acceptors (Lipinski definition) is 7. The fraction of sp³-hybridized carbons (Fsp3) is 0.455. The Balaban J connectivity index is 1.13. The third kappa shape index (κ3) is 4.87. The molecule has 11 heteroatoms. The molecule has 4 heterocycles. The second-order valence-electron chi connectivity index (χ2n) is 13.1. The smallest absolute Gasteiger partial charge is 0.243 e. The first-order valence-corrected chi connectivity index (χ1v) is 16.1. The Kier molecular flexibility index (Phi) is 7.03. The molecule has 1 aromatic heterocycles. The van der Waals surface area contributed by atoms with Gasteiger partial charge >= 0.3 is 0 Å². The van der Waals surface area contributed by atoms with Crippen LogP contribution in [0.5, 0.6) is 0 Å². The van der Waals surface area contributed by atoms with Crippen LogP contribution in [0, 0.1) is 29.1 Å². The van der Waals surface area contributed by atoms with E-state index in [0.717, 1.165) is 10.4 Å². The summed E-state index contributed by atoms with van der Waals surface area (Å²) in [7, 11) is 0. The molecule has 2 N–H and O–H groups in total. The highest BCUT2D eigenvalue weighted by Gasteiger charge is 2.69. The monoisotopic (exact) mass is 613 g/mol. The van der Waals surface area contributed by atoms with Crippen LogP contribution in [0.15, 0.2) is 54.6 Å². The number of thiazole rings is 1. The van der Waals surface area contributed by atoms with E-state index in [-0.39, 0.29) is 65.1 Å². The number of nitrogens with zero attached hydrogens (tertiary/aromatic N) is 3. The molecule has 4 amide bonds. The highest BCUT2D eigenvalue weighted by atomic mass is 32.1. The molecule has 44 heavy (non-hydrogen) atoms. The summed E-state index contributed by atoms with van der Waals surface area (Å²) in [5, 5.41) is 6.09. The zero-order chi connectivity index (χ0) is 30.7. The molecule has 4 aliphatic rings. The van der Waals surface area contributed by atoms with Crippen LogP contribution in [-0.4, -0.2) is 71.0 Å². The quantitative estimate of drug-likeness (QED) is 0.376. The molecule has 3 aromatic rings. The number of piperidine rings is 1. The third-order valence-corrected chi connectivity index (χ3v) is 11.2. The molecule has 0 bridgehead atoms. The van der Waals surface area contributed by atoms with Crippen molar-refractivity contribution in [2.75, 3.05) is 24.5 Å². The average Bonchev–Trinajstić information content (AvgIpc) is 3.65. The molecule has 4 fully saturated rings. The van der Waals surface area contributed by atoms with Gasteiger partial charge < -0.3 is 20.4 Å². The topological polar surface area (TPSA) is 129 Å². The maximum Gasteiger partial charge on any atom is 0.243 e. The van der Waals surface area contributed by atoms with Gasteiger partial charge in [0.05, 0.1) is 22.2 Å². The molecular formula is C33H35N5O5S. The van der Waals surface area contributed by atoms with Gasteiger partial charge in [-0.3, -0.25) is 24.0 Å². The normalized spacial score (nSPS) is 27.7. The van der Waals surface area contributed by atoms with Gasteiger partial charge in [-0.2, -0.15) is 0 Å². The van der Waals surface area contributed by atoms with Crippen molar-refractivity contribution >= 4 is 56.7 Å². The number of aromatic nitrogens is 1. The van der Waals surface area contributed by atoms with E-state index in [1.807, 2.05) is 54.6 Å². The zero-order valence-corrected chi connectivity index (χ0v) is 25.5. The van der Waals surface area contributed by atoms with E-state index in [9.17, 15) is 24.0 Å². The van der Waals surface area contributed by atoms with Crippen molar-refractivity contribution in [3.63, 3.8) is 0 Å². The Labute approximate surface area is 259 Å². The standard InChI is InChI=1S/C33H35N5O5S/c1-33(2)21-17-38(32(43)19-15-25(39)37(16-19)20-8-4-3-5-9-20)27(26(21)33)30(42)35-23(14-18-12-13-34-29(18)41)28(40)31-36-22-10-6-7-11-24(22)44-31/h3-11,18-19,21,23,26-27H,12-17H2,1-2H3,(H,34,41)(H,35,42)/t18-,19+,21?,23-,26?,27?/m0/s1. The molecule has 0 radical (unpaired) electrons. The van der Waals surface area contributed by atoms with Crippen molar-refractivity contribution in [1.29, 1.82) is 0 Å². The zero-order valence-electron chi connectivity index (χ0n) is 24.7. The lowest BCUT2D eigenvalue weighted by atomic mass is 9.94. The van der Waals surface area contributed by atoms with E-state index in [2.05, 4.69) is 29.5 Å². The number of likely N-dealkylation sites (tertiary alicyclic amines) is 1. The van der Waals surface area contributed by atoms with Crippen molar-refractivity contribution < 1.29 is 24.0 Å². The highest BCUT2D eigenvalue weighted by Crippen LogP contribution is 2.65. The van der Waals surface area contributed by atoms with E-state index in [1.54, 1.807) is 9.80 Å². The van der Waals surface area contributed by atoms with Gasteiger partial charge in [-0.15, -0.1) is 11.3 Å². The summed E-state index contributed by atoms with van der Waals surface area (Å²) < 4.78 is 0.866. The van der Waals surface area contributed by atoms with Gasteiger partial charge in [-0.25, -0.2) is 4.98 Å². The number of amides is 4. The Hall–Kier alpha value is -4.12. The second-order valence-corrected chi connectivity index (χ2v) is 14.1. The van der Waals surface area contributed by atoms with Gasteiger partial charge in [0, 0.05) is 37.7 Å². The predicted molar refractivity (Wildman–Crippen MR) is 165 cm³/mol. The molecule has 2 aromatic carbocycles. The lowest BCUT2D eigenvalue weighted by Crippen LogP contribution is -2.55. The lowest BCUT2D eigenvalue weighted by Gasteiger charge is -2.33. The van der Waals surface area contributed by atoms with E-state index in [1.165, 1.54) is 11.3 Å². The molecule has 3 aliphatic heterocycles. The number of ketones is 1. The minimum atomic E-state index is -0.962. The number of Topliss-reactive ketones (excluding diaryl/α,β-unsaturated/α-hetero) is 1. The van der Waals surface area contributed by atoms with Crippen LogP contribution >= 0.6 is 11.3 Å². The molecule has 0 spiro atoms. The number of benzene rings is 2. The first-order chi connectivity index (χ1) is 21.1. The van der Waals surface area contributed by atoms with Crippen LogP contribution in [0.3, 0.4) is 0 Å². The predicted octanol–water partition coefficient (Wildman–Crippen LogP) is 3.03. The minimum Gasteiger partial charge on any atom is -0.356 e. The molecule has 1 saturated carbocycles. The maximum absolute atomic E-state index is 14.2. The van der Waals surface area contributed by atoms with E-state index in [0.29, 0.717) is 25.0 Å². The van der Waals surface area contributed by atoms with Crippen LogP contribution < -0.4 is 15.5 Å². The van der Waals surface area contributed by atoms with Crippen molar-refractivity contribution in [2.24, 2.45) is 29.1 Å². The van der Waals surface area contributed by atoms with Gasteiger partial charge in [0.25, 0.3) is 0 Å². The molecule has 1 aliphatic carbocycles. The van der Waals surface area contributed by atoms with Crippen LogP contribution in [0.1, 0.15) is 42.9 Å². The Bertz CT molecular complexity index is 1640. The first kappa shape index (κ1) is 28.6. The number of rotatable bonds is 8. The Morgan fingerprint density at radius 1 is 1.07 bits per heavy atom. The van der Waals surface area contributed by atoms with Gasteiger partial charge in [-0.1, -0.05) is 44.2 Å². The summed E-state index contributed by atoms with van der Waals surface area (Å²) in [6.07, 6.45) is 0.832. The lowest BCUT2D eigenvalue weighted by molar-refractivity contribution is -0.143. The van der Waals surface area contributed by atoms with Crippen LogP contribution in [0.2, 0.25) is 0 Å². The molecule has 3 unspecified atom stereocenters. The largest absolute Gasteiger partial charge is 0.356 e. The number of carbonyl (C=O) groups is 5. The van der Waals surface area contributed by atoms with E-state index < -0.39 is 29.8 Å². The molecule has 228 valence electrons. The number of carbonyl (C=O) groups excluding carboxylic acids is 5. The highest BCUT2D eigenvalue weighted by molar-refractivity contribution is 7.20. The second kappa shape index (κ2) is 10.8. The molecule has 6 atom stereocenters. The number of anilines is 1. The van der Waals surface area contributed by atoms with Crippen molar-refractivity contribution in [3.8, 4) is 0 Å². The fourth-order valence-electron chi connectivity index (χ4n) is 7.55. The third-order valence-electron chi connectivity index (χ3n) is 10.1. The summed E-state index contributed by atoms with van der Waals surface area (Å²) in [6, 6.07) is 15.0. The van der Waals surface area contributed by atoms with Gasteiger partial charge in [0.15, 0.2) is 5.01 Å². The van der Waals surface area contributed by atoms with Crippen LogP contribution in [0.25, 0.3) is 10.2 Å². The number of hydrogen-bond donors (Lipinski definition) is 2. The van der Waals surface area contributed by atoms with E-state index in [4.69, 9.17) is 0 Å². The summed E-state index contributed by atoms with van der Waals surface area (Å²) in [5.74, 6) is -2.03. The molecule has 7 rings (SSSR count). The summed E-state index contributed by atoms with van der Waals surface area (Å²) in [4.78, 5) is 75.2. The van der Waals surface area contributed by atoms with Crippen LogP contribution in [0.4, 0.5) is 5.69 Å². The average molecular weight is 614 g/mol. The maximum atomic E-state index is 14.2. The van der Waals surface area contributed by atoms with Gasteiger partial charge in [0.1, 0.15) is 6.04 Å².